The molecule has 34 heavy (non-hydrogen) atoms. The third-order valence-electron chi connectivity index (χ3n) is 7.18. The van der Waals surface area contributed by atoms with Gasteiger partial charge in [-0.05, 0) is 75.3 Å². The molecule has 1 aromatic heterocycles. The van der Waals surface area contributed by atoms with Crippen molar-refractivity contribution in [1.29, 1.82) is 0 Å². The number of benzene rings is 2. The van der Waals surface area contributed by atoms with E-state index in [0.717, 1.165) is 80.0 Å². The normalized spacial score (nSPS) is 16.4. The van der Waals surface area contributed by atoms with Crippen molar-refractivity contribution in [2.45, 2.75) is 58.3 Å². The Balaban J connectivity index is 1.14. The molecule has 6 nitrogen and oxygen atoms in total. The van der Waals surface area contributed by atoms with Gasteiger partial charge in [0.2, 0.25) is 5.91 Å². The molecule has 0 atom stereocenters. The maximum absolute atomic E-state index is 12.6. The number of aryl methyl sites for hydroxylation is 1. The van der Waals surface area contributed by atoms with Gasteiger partial charge in [0.1, 0.15) is 11.6 Å². The van der Waals surface area contributed by atoms with E-state index in [1.54, 1.807) is 0 Å². The number of nitrogens with zero attached hydrogens (tertiary/aromatic N) is 3. The van der Waals surface area contributed by atoms with Crippen molar-refractivity contribution in [3.8, 4) is 5.75 Å². The minimum Gasteiger partial charge on any atom is -0.493 e. The first-order chi connectivity index (χ1) is 16.7. The number of hydrogen-bond acceptors (Lipinski definition) is 4. The standard InChI is InChI=1S/C28H36N4O2/c1-21-25(31-14-5-6-15-31)9-7-10-26(21)34-18-8-11-27-29-23-13-12-22(19-24(23)30-27)20-28(33)32-16-3-2-4-17-32/h7,9-10,12-13,19H,2-6,8,11,14-18,20H2,1H3,(H,29,30). The van der Waals surface area contributed by atoms with Gasteiger partial charge < -0.3 is 19.5 Å². The summed E-state index contributed by atoms with van der Waals surface area (Å²) in [6.07, 6.45) is 8.24. The van der Waals surface area contributed by atoms with Crippen LogP contribution < -0.4 is 9.64 Å². The molecule has 3 aromatic rings. The molecular weight excluding hydrogens is 424 g/mol. The molecule has 2 aliphatic rings. The van der Waals surface area contributed by atoms with Crippen LogP contribution in [-0.2, 0) is 17.6 Å². The molecule has 0 saturated carbocycles. The third kappa shape index (κ3) is 5.21. The van der Waals surface area contributed by atoms with Crippen LogP contribution in [0.15, 0.2) is 36.4 Å². The highest BCUT2D eigenvalue weighted by atomic mass is 16.5. The molecule has 3 heterocycles. The molecular formula is C28H36N4O2. The van der Waals surface area contributed by atoms with Gasteiger partial charge in [0.15, 0.2) is 0 Å². The number of amides is 1. The fourth-order valence-electron chi connectivity index (χ4n) is 5.25. The van der Waals surface area contributed by atoms with Gasteiger partial charge in [-0.1, -0.05) is 12.1 Å². The average molecular weight is 461 g/mol. The van der Waals surface area contributed by atoms with Gasteiger partial charge in [0, 0.05) is 43.9 Å². The van der Waals surface area contributed by atoms with Crippen LogP contribution >= 0.6 is 0 Å². The predicted molar refractivity (Wildman–Crippen MR) is 137 cm³/mol. The molecule has 0 spiro atoms. The van der Waals surface area contributed by atoms with Crippen LogP contribution in [0.4, 0.5) is 5.69 Å². The molecule has 5 rings (SSSR count). The smallest absolute Gasteiger partial charge is 0.226 e. The summed E-state index contributed by atoms with van der Waals surface area (Å²) < 4.78 is 6.14. The Bertz CT molecular complexity index is 1130. The van der Waals surface area contributed by atoms with Gasteiger partial charge in [0.05, 0.1) is 24.1 Å². The van der Waals surface area contributed by atoms with E-state index in [9.17, 15) is 4.79 Å². The van der Waals surface area contributed by atoms with E-state index in [-0.39, 0.29) is 5.91 Å². The lowest BCUT2D eigenvalue weighted by atomic mass is 10.1. The lowest BCUT2D eigenvalue weighted by molar-refractivity contribution is -0.131. The van der Waals surface area contributed by atoms with E-state index in [2.05, 4.69) is 41.1 Å². The van der Waals surface area contributed by atoms with E-state index in [4.69, 9.17) is 9.72 Å². The quantitative estimate of drug-likeness (QED) is 0.479. The van der Waals surface area contributed by atoms with Gasteiger partial charge in [0.25, 0.3) is 0 Å². The summed E-state index contributed by atoms with van der Waals surface area (Å²) in [7, 11) is 0. The molecule has 6 heteroatoms. The zero-order chi connectivity index (χ0) is 23.3. The van der Waals surface area contributed by atoms with Gasteiger partial charge in [-0.3, -0.25) is 4.79 Å². The largest absolute Gasteiger partial charge is 0.493 e. The Morgan fingerprint density at radius 3 is 2.65 bits per heavy atom. The van der Waals surface area contributed by atoms with E-state index in [1.165, 1.54) is 30.5 Å². The molecule has 2 saturated heterocycles. The number of nitrogens with one attached hydrogen (secondary N) is 1. The second-order valence-electron chi connectivity index (χ2n) is 9.70. The Morgan fingerprint density at radius 2 is 1.82 bits per heavy atom. The molecule has 1 amide bonds. The highest BCUT2D eigenvalue weighted by molar-refractivity contribution is 5.82. The maximum atomic E-state index is 12.6. The number of fused-ring (bicyclic) bond motifs is 1. The van der Waals surface area contributed by atoms with E-state index in [1.807, 2.05) is 17.0 Å². The van der Waals surface area contributed by atoms with Crippen LogP contribution in [0.3, 0.4) is 0 Å². The van der Waals surface area contributed by atoms with E-state index < -0.39 is 0 Å². The summed E-state index contributed by atoms with van der Waals surface area (Å²) in [4.78, 5) is 25.3. The van der Waals surface area contributed by atoms with E-state index >= 15 is 0 Å². The Hall–Kier alpha value is -3.02. The number of anilines is 1. The fraction of sp³-hybridized carbons (Fsp3) is 0.500. The van der Waals surface area contributed by atoms with Crippen molar-refractivity contribution in [3.05, 3.63) is 53.3 Å². The van der Waals surface area contributed by atoms with Crippen molar-refractivity contribution >= 4 is 22.6 Å². The van der Waals surface area contributed by atoms with Crippen LogP contribution in [-0.4, -0.2) is 53.6 Å². The average Bonchev–Trinajstić information content (AvgIpc) is 3.53. The first kappa shape index (κ1) is 22.8. The third-order valence-corrected chi connectivity index (χ3v) is 7.18. The minimum absolute atomic E-state index is 0.236. The number of hydrogen-bond donors (Lipinski definition) is 1. The molecule has 0 aliphatic carbocycles. The van der Waals surface area contributed by atoms with Crippen LogP contribution in [0, 0.1) is 6.92 Å². The Morgan fingerprint density at radius 1 is 1.03 bits per heavy atom. The predicted octanol–water partition coefficient (Wildman–Crippen LogP) is 5.04. The number of piperidine rings is 1. The summed E-state index contributed by atoms with van der Waals surface area (Å²) in [6.45, 7) is 6.92. The first-order valence-electron chi connectivity index (χ1n) is 12.9. The second kappa shape index (κ2) is 10.5. The second-order valence-corrected chi connectivity index (χ2v) is 9.70. The maximum Gasteiger partial charge on any atom is 0.226 e. The summed E-state index contributed by atoms with van der Waals surface area (Å²) in [5, 5.41) is 0. The Kier molecular flexibility index (Phi) is 7.02. The number of aromatic nitrogens is 2. The number of likely N-dealkylation sites (tertiary alicyclic amines) is 1. The van der Waals surface area contributed by atoms with E-state index in [0.29, 0.717) is 13.0 Å². The molecule has 180 valence electrons. The number of rotatable bonds is 8. The topological polar surface area (TPSA) is 61.5 Å². The fourth-order valence-corrected chi connectivity index (χ4v) is 5.25. The van der Waals surface area contributed by atoms with Crippen LogP contribution in [0.1, 0.15) is 55.5 Å². The molecule has 0 bridgehead atoms. The van der Waals surface area contributed by atoms with Gasteiger partial charge in [-0.2, -0.15) is 0 Å². The highest BCUT2D eigenvalue weighted by Gasteiger charge is 2.18. The molecule has 2 aliphatic heterocycles. The van der Waals surface area contributed by atoms with Crippen molar-refractivity contribution in [2.24, 2.45) is 0 Å². The Labute approximate surface area is 202 Å². The monoisotopic (exact) mass is 460 g/mol. The molecule has 2 aromatic carbocycles. The van der Waals surface area contributed by atoms with Crippen molar-refractivity contribution in [1.82, 2.24) is 14.9 Å². The van der Waals surface area contributed by atoms with Crippen molar-refractivity contribution in [2.75, 3.05) is 37.7 Å². The number of carbonyl (C=O) groups is 1. The van der Waals surface area contributed by atoms with Crippen molar-refractivity contribution in [3.63, 3.8) is 0 Å². The van der Waals surface area contributed by atoms with Crippen LogP contribution in [0.25, 0.3) is 11.0 Å². The number of carbonyl (C=O) groups excluding carboxylic acids is 1. The van der Waals surface area contributed by atoms with Crippen LogP contribution in [0.2, 0.25) is 0 Å². The zero-order valence-corrected chi connectivity index (χ0v) is 20.3. The van der Waals surface area contributed by atoms with Gasteiger partial charge in [-0.15, -0.1) is 0 Å². The SMILES string of the molecule is Cc1c(OCCCc2nc3ccc(CC(=O)N4CCCCC4)cc3[nH]2)cccc1N1CCCC1. The number of imidazole rings is 1. The molecule has 2 fully saturated rings. The highest BCUT2D eigenvalue weighted by Crippen LogP contribution is 2.30. The summed E-state index contributed by atoms with van der Waals surface area (Å²) in [5.74, 6) is 2.19. The molecule has 1 N–H and O–H groups in total. The minimum atomic E-state index is 0.236. The number of ether oxygens (including phenoxy) is 1. The lowest BCUT2D eigenvalue weighted by Gasteiger charge is -2.26. The number of aromatic amines is 1. The summed E-state index contributed by atoms with van der Waals surface area (Å²) in [5.41, 5.74) is 5.56. The number of H-pyrrole nitrogens is 1. The lowest BCUT2D eigenvalue weighted by Crippen LogP contribution is -2.36. The molecule has 0 unspecified atom stereocenters. The summed E-state index contributed by atoms with van der Waals surface area (Å²) in [6, 6.07) is 12.5. The van der Waals surface area contributed by atoms with Gasteiger partial charge >= 0.3 is 0 Å². The zero-order valence-electron chi connectivity index (χ0n) is 20.3. The van der Waals surface area contributed by atoms with Crippen molar-refractivity contribution < 1.29 is 9.53 Å². The first-order valence-corrected chi connectivity index (χ1v) is 12.9. The molecule has 0 radical (unpaired) electrons. The van der Waals surface area contributed by atoms with Gasteiger partial charge in [-0.25, -0.2) is 4.98 Å². The van der Waals surface area contributed by atoms with Crippen LogP contribution in [0.5, 0.6) is 5.75 Å². The summed E-state index contributed by atoms with van der Waals surface area (Å²) >= 11 is 0.